The first-order valence-electron chi connectivity index (χ1n) is 7.95. The first-order valence-corrected chi connectivity index (χ1v) is 7.95. The van der Waals surface area contributed by atoms with Gasteiger partial charge in [-0.25, -0.2) is 9.78 Å². The van der Waals surface area contributed by atoms with Crippen molar-refractivity contribution < 1.29 is 19.1 Å². The number of nitrogens with one attached hydrogen (secondary N) is 2. The van der Waals surface area contributed by atoms with Crippen LogP contribution in [0, 0.1) is 0 Å². The van der Waals surface area contributed by atoms with Crippen LogP contribution in [0.5, 0.6) is 5.88 Å². The number of likely N-dealkylation sites (tertiary alicyclic amines) is 1. The summed E-state index contributed by atoms with van der Waals surface area (Å²) in [7, 11) is 0. The number of carbonyl (C=O) groups excluding carboxylic acids is 3. The highest BCUT2D eigenvalue weighted by atomic mass is 16.5. The number of hydrogen-bond donors (Lipinski definition) is 2. The minimum absolute atomic E-state index is 0.0186. The van der Waals surface area contributed by atoms with Crippen molar-refractivity contribution >= 4 is 17.8 Å². The van der Waals surface area contributed by atoms with E-state index >= 15 is 0 Å². The molecule has 8 heteroatoms. The fourth-order valence-electron chi connectivity index (χ4n) is 2.97. The van der Waals surface area contributed by atoms with Crippen LogP contribution in [-0.2, 0) is 4.79 Å². The second-order valence-electron chi connectivity index (χ2n) is 6.33. The Morgan fingerprint density at radius 2 is 2.00 bits per heavy atom. The summed E-state index contributed by atoms with van der Waals surface area (Å²) in [5.74, 6) is 0.0270. The van der Waals surface area contributed by atoms with E-state index in [1.54, 1.807) is 17.0 Å². The maximum absolute atomic E-state index is 12.5. The molecule has 0 saturated carbocycles. The third-order valence-electron chi connectivity index (χ3n) is 4.26. The largest absolute Gasteiger partial charge is 0.475 e. The highest BCUT2D eigenvalue weighted by Gasteiger charge is 2.48. The van der Waals surface area contributed by atoms with Gasteiger partial charge in [0.1, 0.15) is 5.54 Å². The first kappa shape index (κ1) is 16.2. The van der Waals surface area contributed by atoms with E-state index in [1.807, 2.05) is 13.8 Å². The fourth-order valence-corrected chi connectivity index (χ4v) is 2.97. The van der Waals surface area contributed by atoms with E-state index in [2.05, 4.69) is 15.6 Å². The molecule has 0 radical (unpaired) electrons. The van der Waals surface area contributed by atoms with Crippen LogP contribution in [0.15, 0.2) is 18.3 Å². The molecule has 1 aromatic rings. The first-order chi connectivity index (χ1) is 11.4. The number of imide groups is 1. The zero-order chi connectivity index (χ0) is 17.3. The molecule has 0 bridgehead atoms. The summed E-state index contributed by atoms with van der Waals surface area (Å²) < 4.78 is 5.46. The molecule has 0 aromatic carbocycles. The van der Waals surface area contributed by atoms with Crippen molar-refractivity contribution in [2.75, 3.05) is 13.1 Å². The quantitative estimate of drug-likeness (QED) is 0.793. The second-order valence-corrected chi connectivity index (χ2v) is 6.33. The molecule has 8 nitrogen and oxygen atoms in total. The van der Waals surface area contributed by atoms with Crippen molar-refractivity contribution in [3.05, 3.63) is 23.9 Å². The summed E-state index contributed by atoms with van der Waals surface area (Å²) in [4.78, 5) is 41.6. The SMILES string of the molecule is CC(C)Oc1ccc(C(=O)N2CCC3(CC2)NC(=O)NC3=O)cn1. The molecule has 1 spiro atoms. The number of ether oxygens (including phenoxy) is 1. The molecule has 4 amide bonds. The van der Waals surface area contributed by atoms with Crippen LogP contribution < -0.4 is 15.4 Å². The van der Waals surface area contributed by atoms with Gasteiger partial charge in [0.15, 0.2) is 0 Å². The Morgan fingerprint density at radius 1 is 1.29 bits per heavy atom. The predicted molar refractivity (Wildman–Crippen MR) is 84.5 cm³/mol. The fraction of sp³-hybridized carbons (Fsp3) is 0.500. The van der Waals surface area contributed by atoms with Crippen molar-refractivity contribution in [3.8, 4) is 5.88 Å². The summed E-state index contributed by atoms with van der Waals surface area (Å²) in [5, 5.41) is 4.94. The zero-order valence-electron chi connectivity index (χ0n) is 13.7. The molecular formula is C16H20N4O4. The van der Waals surface area contributed by atoms with Crippen molar-refractivity contribution in [3.63, 3.8) is 0 Å². The summed E-state index contributed by atoms with van der Waals surface area (Å²) in [6, 6.07) is 2.88. The van der Waals surface area contributed by atoms with Crippen LogP contribution >= 0.6 is 0 Å². The van der Waals surface area contributed by atoms with Crippen molar-refractivity contribution in [1.82, 2.24) is 20.5 Å². The Morgan fingerprint density at radius 3 is 2.50 bits per heavy atom. The topological polar surface area (TPSA) is 101 Å². The Labute approximate surface area is 139 Å². The second kappa shape index (κ2) is 6.10. The van der Waals surface area contributed by atoms with Gasteiger partial charge >= 0.3 is 6.03 Å². The van der Waals surface area contributed by atoms with Gasteiger partial charge in [-0.05, 0) is 32.8 Å². The molecule has 3 rings (SSSR count). The average molecular weight is 332 g/mol. The Bertz CT molecular complexity index is 663. The maximum atomic E-state index is 12.5. The molecule has 0 unspecified atom stereocenters. The minimum atomic E-state index is -0.874. The van der Waals surface area contributed by atoms with Gasteiger partial charge in [-0.2, -0.15) is 0 Å². The molecule has 128 valence electrons. The molecule has 2 fully saturated rings. The van der Waals surface area contributed by atoms with E-state index in [-0.39, 0.29) is 17.9 Å². The van der Waals surface area contributed by atoms with E-state index in [9.17, 15) is 14.4 Å². The van der Waals surface area contributed by atoms with E-state index in [0.29, 0.717) is 37.4 Å². The third-order valence-corrected chi connectivity index (χ3v) is 4.26. The molecule has 2 N–H and O–H groups in total. The van der Waals surface area contributed by atoms with Gasteiger partial charge in [-0.3, -0.25) is 14.9 Å². The molecule has 1 aromatic heterocycles. The normalized spacial score (nSPS) is 19.4. The predicted octanol–water partition coefficient (Wildman–Crippen LogP) is 0.683. The molecule has 2 saturated heterocycles. The average Bonchev–Trinajstić information content (AvgIpc) is 2.81. The Hall–Kier alpha value is -2.64. The van der Waals surface area contributed by atoms with Crippen LogP contribution in [0.1, 0.15) is 37.0 Å². The lowest BCUT2D eigenvalue weighted by Crippen LogP contribution is -2.55. The van der Waals surface area contributed by atoms with Crippen LogP contribution in [0.3, 0.4) is 0 Å². The lowest BCUT2D eigenvalue weighted by atomic mass is 9.87. The van der Waals surface area contributed by atoms with Gasteiger partial charge in [0.2, 0.25) is 5.88 Å². The zero-order valence-corrected chi connectivity index (χ0v) is 13.7. The smallest absolute Gasteiger partial charge is 0.322 e. The van der Waals surface area contributed by atoms with Gasteiger partial charge in [0, 0.05) is 25.4 Å². The van der Waals surface area contributed by atoms with Gasteiger partial charge < -0.3 is 15.0 Å². The molecular weight excluding hydrogens is 312 g/mol. The number of hydrogen-bond acceptors (Lipinski definition) is 5. The number of nitrogens with zero attached hydrogens (tertiary/aromatic N) is 2. The summed E-state index contributed by atoms with van der Waals surface area (Å²) in [6.07, 6.45) is 2.32. The van der Waals surface area contributed by atoms with Crippen LogP contribution in [0.2, 0.25) is 0 Å². The number of urea groups is 1. The van der Waals surface area contributed by atoms with E-state index in [0.717, 1.165) is 0 Å². The van der Waals surface area contributed by atoms with Gasteiger partial charge in [0.05, 0.1) is 11.7 Å². The van der Waals surface area contributed by atoms with E-state index < -0.39 is 11.6 Å². The highest BCUT2D eigenvalue weighted by Crippen LogP contribution is 2.26. The van der Waals surface area contributed by atoms with Gasteiger partial charge in [-0.1, -0.05) is 0 Å². The number of piperidine rings is 1. The number of amides is 4. The molecule has 24 heavy (non-hydrogen) atoms. The highest BCUT2D eigenvalue weighted by molar-refractivity contribution is 6.07. The standard InChI is InChI=1S/C16H20N4O4/c1-10(2)24-12-4-3-11(9-17-12)13(21)20-7-5-16(6-8-20)14(22)18-15(23)19-16/h3-4,9-10H,5-8H2,1-2H3,(H2,18,19,22,23). The molecule has 2 aliphatic heterocycles. The van der Waals surface area contributed by atoms with Crippen LogP contribution in [0.25, 0.3) is 0 Å². The summed E-state index contributed by atoms with van der Waals surface area (Å²) in [5.41, 5.74) is -0.400. The lowest BCUT2D eigenvalue weighted by Gasteiger charge is -2.36. The minimum Gasteiger partial charge on any atom is -0.475 e. The number of carbonyl (C=O) groups is 3. The number of aromatic nitrogens is 1. The number of pyridine rings is 1. The van der Waals surface area contributed by atoms with Gasteiger partial charge in [0.25, 0.3) is 11.8 Å². The van der Waals surface area contributed by atoms with Crippen LogP contribution in [0.4, 0.5) is 4.79 Å². The van der Waals surface area contributed by atoms with Crippen LogP contribution in [-0.4, -0.2) is 52.5 Å². The maximum Gasteiger partial charge on any atom is 0.322 e. The Kier molecular flexibility index (Phi) is 4.13. The van der Waals surface area contributed by atoms with Crippen molar-refractivity contribution in [2.45, 2.75) is 38.3 Å². The summed E-state index contributed by atoms with van der Waals surface area (Å²) in [6.45, 7) is 4.61. The van der Waals surface area contributed by atoms with E-state index in [1.165, 1.54) is 6.20 Å². The molecule has 2 aliphatic rings. The molecule has 3 heterocycles. The van der Waals surface area contributed by atoms with E-state index in [4.69, 9.17) is 4.74 Å². The lowest BCUT2D eigenvalue weighted by molar-refractivity contribution is -0.125. The summed E-state index contributed by atoms with van der Waals surface area (Å²) >= 11 is 0. The van der Waals surface area contributed by atoms with Crippen molar-refractivity contribution in [2.24, 2.45) is 0 Å². The molecule has 0 atom stereocenters. The monoisotopic (exact) mass is 332 g/mol. The Balaban J connectivity index is 1.63. The number of rotatable bonds is 3. The third kappa shape index (κ3) is 3.04. The van der Waals surface area contributed by atoms with Crippen molar-refractivity contribution in [1.29, 1.82) is 0 Å². The molecule has 0 aliphatic carbocycles. The van der Waals surface area contributed by atoms with Gasteiger partial charge in [-0.15, -0.1) is 0 Å².